The number of aliphatic imine (C=N–C) groups is 2. The summed E-state index contributed by atoms with van der Waals surface area (Å²) >= 11 is 0. The molecule has 0 atom stereocenters. The van der Waals surface area contributed by atoms with Crippen molar-refractivity contribution in [2.24, 2.45) is 22.1 Å². The molecule has 126 valence electrons. The Labute approximate surface area is 141 Å². The Balaban J connectivity index is 1.46. The fraction of sp³-hybridized carbons (Fsp3) is 0.625. The molecule has 0 N–H and O–H groups in total. The first-order chi connectivity index (χ1) is 11.6. The van der Waals surface area contributed by atoms with Gasteiger partial charge in [0.05, 0.1) is 6.54 Å². The number of rotatable bonds is 4. The first kappa shape index (κ1) is 15.2. The van der Waals surface area contributed by atoms with E-state index < -0.39 is 0 Å². The maximum atomic E-state index is 4.71. The molecule has 1 fully saturated rings. The first-order valence-corrected chi connectivity index (χ1v) is 8.57. The van der Waals surface area contributed by atoms with Gasteiger partial charge >= 0.3 is 5.84 Å². The third-order valence-corrected chi connectivity index (χ3v) is 4.63. The third kappa shape index (κ3) is 2.65. The summed E-state index contributed by atoms with van der Waals surface area (Å²) < 4.78 is 3.81. The van der Waals surface area contributed by atoms with E-state index in [0.717, 1.165) is 60.8 Å². The van der Waals surface area contributed by atoms with Crippen molar-refractivity contribution in [3.8, 4) is 0 Å². The molecule has 8 heteroatoms. The van der Waals surface area contributed by atoms with Crippen LogP contribution in [0.4, 0.5) is 5.95 Å². The first-order valence-electron chi connectivity index (χ1n) is 8.57. The van der Waals surface area contributed by atoms with Crippen LogP contribution in [-0.4, -0.2) is 62.2 Å². The lowest BCUT2D eigenvalue weighted by Gasteiger charge is -2.14. The molecular weight excluding hydrogens is 304 g/mol. The molecule has 3 aliphatic rings. The van der Waals surface area contributed by atoms with Gasteiger partial charge in [0.1, 0.15) is 11.4 Å². The summed E-state index contributed by atoms with van der Waals surface area (Å²) in [6.45, 7) is 6.88. The van der Waals surface area contributed by atoms with Gasteiger partial charge in [-0.3, -0.25) is 4.99 Å². The predicted octanol–water partition coefficient (Wildman–Crippen LogP) is 1.02. The maximum Gasteiger partial charge on any atom is 0.371 e. The van der Waals surface area contributed by atoms with Gasteiger partial charge in [0.15, 0.2) is 5.82 Å². The summed E-state index contributed by atoms with van der Waals surface area (Å²) in [7, 11) is 1.97. The number of fused-ring (bicyclic) bond motifs is 1. The van der Waals surface area contributed by atoms with Crippen LogP contribution in [0.3, 0.4) is 0 Å². The minimum absolute atomic E-state index is 0.697. The SMILES string of the molecule is CC1=NCC(C)=[N+]2N=C(CCc3nc(N4CCCC4)n(C)n3)N=C12. The normalized spacial score (nSPS) is 20.3. The molecule has 1 aromatic rings. The second-order valence-electron chi connectivity index (χ2n) is 6.55. The van der Waals surface area contributed by atoms with Gasteiger partial charge in [-0.15, -0.1) is 0 Å². The summed E-state index contributed by atoms with van der Waals surface area (Å²) in [6, 6.07) is 0. The summed E-state index contributed by atoms with van der Waals surface area (Å²) in [6.07, 6.45) is 3.97. The van der Waals surface area contributed by atoms with Gasteiger partial charge in [-0.25, -0.2) is 4.68 Å². The second-order valence-corrected chi connectivity index (χ2v) is 6.55. The minimum atomic E-state index is 0.697. The van der Waals surface area contributed by atoms with Gasteiger partial charge in [-0.05, 0) is 36.8 Å². The Bertz CT molecular complexity index is 789. The number of anilines is 1. The monoisotopic (exact) mass is 327 g/mol. The van der Waals surface area contributed by atoms with Crippen molar-refractivity contribution in [3.63, 3.8) is 0 Å². The zero-order chi connectivity index (χ0) is 16.7. The Morgan fingerprint density at radius 3 is 2.67 bits per heavy atom. The summed E-state index contributed by atoms with van der Waals surface area (Å²) in [5, 5.41) is 9.17. The van der Waals surface area contributed by atoms with Crippen LogP contribution in [0.1, 0.15) is 38.9 Å². The van der Waals surface area contributed by atoms with E-state index in [1.807, 2.05) is 30.3 Å². The molecule has 1 aromatic heterocycles. The average Bonchev–Trinajstić information content (AvgIpc) is 3.28. The highest BCUT2D eigenvalue weighted by atomic mass is 15.5. The maximum absolute atomic E-state index is 4.71. The fourth-order valence-corrected chi connectivity index (χ4v) is 3.28. The average molecular weight is 327 g/mol. The summed E-state index contributed by atoms with van der Waals surface area (Å²) in [5.41, 5.74) is 2.06. The number of hydrogen-bond donors (Lipinski definition) is 0. The predicted molar refractivity (Wildman–Crippen MR) is 94.6 cm³/mol. The number of hydrogen-bond acceptors (Lipinski definition) is 6. The molecule has 4 rings (SSSR count). The van der Waals surface area contributed by atoms with Crippen molar-refractivity contribution in [1.29, 1.82) is 0 Å². The lowest BCUT2D eigenvalue weighted by molar-refractivity contribution is -0.407. The smallest absolute Gasteiger partial charge is 0.341 e. The van der Waals surface area contributed by atoms with Crippen LogP contribution in [0, 0.1) is 0 Å². The van der Waals surface area contributed by atoms with E-state index >= 15 is 0 Å². The van der Waals surface area contributed by atoms with Crippen LogP contribution in [-0.2, 0) is 13.5 Å². The molecule has 1 saturated heterocycles. The van der Waals surface area contributed by atoms with E-state index in [4.69, 9.17) is 4.98 Å². The topological polar surface area (TPSA) is 74.0 Å². The molecule has 0 amide bonds. The molecule has 0 spiro atoms. The number of amidine groups is 2. The Morgan fingerprint density at radius 1 is 1.12 bits per heavy atom. The zero-order valence-electron chi connectivity index (χ0n) is 14.5. The highest BCUT2D eigenvalue weighted by molar-refractivity contribution is 6.40. The van der Waals surface area contributed by atoms with Crippen molar-refractivity contribution in [2.45, 2.75) is 39.5 Å². The van der Waals surface area contributed by atoms with Crippen molar-refractivity contribution in [3.05, 3.63) is 5.82 Å². The Kier molecular flexibility index (Phi) is 3.74. The number of aryl methyl sites for hydroxylation is 2. The van der Waals surface area contributed by atoms with Crippen LogP contribution in [0.15, 0.2) is 15.1 Å². The third-order valence-electron chi connectivity index (χ3n) is 4.63. The van der Waals surface area contributed by atoms with Crippen LogP contribution < -0.4 is 4.90 Å². The lowest BCUT2D eigenvalue weighted by atomic mass is 10.2. The van der Waals surface area contributed by atoms with Gasteiger partial charge in [-0.1, -0.05) is 4.68 Å². The Morgan fingerprint density at radius 2 is 1.92 bits per heavy atom. The number of aromatic nitrogens is 3. The second kappa shape index (κ2) is 5.92. The largest absolute Gasteiger partial charge is 0.371 e. The standard InChI is InChI=1S/C16H23N8/c1-11-10-17-12(2)15-18-13(21-24(11)15)6-7-14-19-16(22(3)20-14)23-8-4-5-9-23/h4-10H2,1-3H3/q+1. The van der Waals surface area contributed by atoms with Crippen molar-refractivity contribution in [1.82, 2.24) is 14.8 Å². The summed E-state index contributed by atoms with van der Waals surface area (Å²) in [5.74, 6) is 3.53. The molecule has 3 aliphatic heterocycles. The molecule has 8 nitrogen and oxygen atoms in total. The van der Waals surface area contributed by atoms with Gasteiger partial charge < -0.3 is 4.90 Å². The highest BCUT2D eigenvalue weighted by Gasteiger charge is 2.33. The fourth-order valence-electron chi connectivity index (χ4n) is 3.28. The van der Waals surface area contributed by atoms with Crippen LogP contribution in [0.2, 0.25) is 0 Å². The molecule has 0 bridgehead atoms. The molecular formula is C16H23N8+. The van der Waals surface area contributed by atoms with Crippen molar-refractivity contribution < 1.29 is 4.68 Å². The number of hydrazone groups is 1. The van der Waals surface area contributed by atoms with E-state index in [1.165, 1.54) is 12.8 Å². The van der Waals surface area contributed by atoms with Gasteiger partial charge in [0.25, 0.3) is 5.84 Å². The molecule has 24 heavy (non-hydrogen) atoms. The van der Waals surface area contributed by atoms with E-state index in [9.17, 15) is 0 Å². The van der Waals surface area contributed by atoms with E-state index in [1.54, 1.807) is 0 Å². The summed E-state index contributed by atoms with van der Waals surface area (Å²) in [4.78, 5) is 16.1. The minimum Gasteiger partial charge on any atom is -0.341 e. The zero-order valence-corrected chi connectivity index (χ0v) is 14.5. The van der Waals surface area contributed by atoms with Gasteiger partial charge in [-0.2, -0.15) is 10.1 Å². The van der Waals surface area contributed by atoms with Crippen LogP contribution in [0.5, 0.6) is 0 Å². The van der Waals surface area contributed by atoms with Gasteiger partial charge in [0, 0.05) is 33.0 Å². The van der Waals surface area contributed by atoms with E-state index in [-0.39, 0.29) is 0 Å². The van der Waals surface area contributed by atoms with Crippen molar-refractivity contribution >= 4 is 29.0 Å². The van der Waals surface area contributed by atoms with Crippen LogP contribution >= 0.6 is 0 Å². The molecule has 0 aromatic carbocycles. The van der Waals surface area contributed by atoms with E-state index in [2.05, 4.69) is 25.1 Å². The van der Waals surface area contributed by atoms with Gasteiger partial charge in [0.2, 0.25) is 5.95 Å². The highest BCUT2D eigenvalue weighted by Crippen LogP contribution is 2.18. The molecule has 0 radical (unpaired) electrons. The molecule has 4 heterocycles. The molecule has 0 unspecified atom stereocenters. The quantitative estimate of drug-likeness (QED) is 0.775. The Hall–Kier alpha value is -2.38. The van der Waals surface area contributed by atoms with Crippen molar-refractivity contribution in [2.75, 3.05) is 24.5 Å². The van der Waals surface area contributed by atoms with Crippen LogP contribution in [0.25, 0.3) is 0 Å². The lowest BCUT2D eigenvalue weighted by Crippen LogP contribution is -2.31. The molecule has 0 saturated carbocycles. The van der Waals surface area contributed by atoms with E-state index in [0.29, 0.717) is 6.54 Å². The molecule has 0 aliphatic carbocycles. The number of nitrogens with zero attached hydrogens (tertiary/aromatic N) is 8.